The van der Waals surface area contributed by atoms with Crippen molar-refractivity contribution in [3.63, 3.8) is 0 Å². The predicted molar refractivity (Wildman–Crippen MR) is 85.0 cm³/mol. The number of fused-ring (bicyclic) bond motifs is 3. The Morgan fingerprint density at radius 3 is 2.22 bits per heavy atom. The fraction of sp³-hybridized carbons (Fsp3) is 0.125. The topological polar surface area (TPSA) is 0 Å². The van der Waals surface area contributed by atoms with Crippen molar-refractivity contribution >= 4 is 45.1 Å². The number of hydrogen-bond donors (Lipinski definition) is 0. The SMILES string of the molecule is CSc1ccc2c(ccc3ccccc32)c1SC. The Kier molecular flexibility index (Phi) is 3.23. The van der Waals surface area contributed by atoms with Crippen molar-refractivity contribution < 1.29 is 0 Å². The molecular formula is C16H14S2. The number of hydrogen-bond acceptors (Lipinski definition) is 2. The lowest BCUT2D eigenvalue weighted by molar-refractivity contribution is 1.31. The molecule has 0 bridgehead atoms. The van der Waals surface area contributed by atoms with Crippen molar-refractivity contribution in [2.24, 2.45) is 0 Å². The minimum absolute atomic E-state index is 1.31. The van der Waals surface area contributed by atoms with Crippen LogP contribution in [0.3, 0.4) is 0 Å². The van der Waals surface area contributed by atoms with Gasteiger partial charge in [0.1, 0.15) is 0 Å². The summed E-state index contributed by atoms with van der Waals surface area (Å²) in [6, 6.07) is 17.6. The highest BCUT2D eigenvalue weighted by Crippen LogP contribution is 2.37. The Morgan fingerprint density at radius 2 is 1.44 bits per heavy atom. The maximum atomic E-state index is 2.25. The molecule has 0 aliphatic carbocycles. The summed E-state index contributed by atoms with van der Waals surface area (Å²) in [6.45, 7) is 0. The quantitative estimate of drug-likeness (QED) is 0.449. The van der Waals surface area contributed by atoms with Crippen LogP contribution in [0, 0.1) is 0 Å². The molecule has 3 aromatic rings. The zero-order chi connectivity index (χ0) is 12.5. The van der Waals surface area contributed by atoms with Crippen LogP contribution in [0.5, 0.6) is 0 Å². The summed E-state index contributed by atoms with van der Waals surface area (Å²) >= 11 is 3.66. The van der Waals surface area contributed by atoms with Crippen molar-refractivity contribution in [1.82, 2.24) is 0 Å². The first kappa shape index (κ1) is 11.9. The van der Waals surface area contributed by atoms with Crippen LogP contribution >= 0.6 is 23.5 Å². The molecule has 0 spiro atoms. The second-order valence-electron chi connectivity index (χ2n) is 4.18. The Hall–Kier alpha value is -1.12. The molecule has 0 amide bonds. The molecule has 0 aliphatic heterocycles. The van der Waals surface area contributed by atoms with Crippen LogP contribution in [0.1, 0.15) is 0 Å². The predicted octanol–water partition coefficient (Wildman–Crippen LogP) is 5.44. The van der Waals surface area contributed by atoms with Gasteiger partial charge in [-0.3, -0.25) is 0 Å². The third-order valence-corrected chi connectivity index (χ3v) is 5.02. The first-order chi connectivity index (χ1) is 8.85. The van der Waals surface area contributed by atoms with E-state index in [0.29, 0.717) is 0 Å². The maximum Gasteiger partial charge on any atom is 0.0284 e. The van der Waals surface area contributed by atoms with Crippen LogP contribution in [-0.2, 0) is 0 Å². The lowest BCUT2D eigenvalue weighted by atomic mass is 10.0. The summed E-state index contributed by atoms with van der Waals surface area (Å²) in [5, 5.41) is 5.38. The third kappa shape index (κ3) is 1.80. The summed E-state index contributed by atoms with van der Waals surface area (Å²) in [5.74, 6) is 0. The average Bonchev–Trinajstić information content (AvgIpc) is 2.45. The molecule has 0 fully saturated rings. The van der Waals surface area contributed by atoms with Gasteiger partial charge < -0.3 is 0 Å². The van der Waals surface area contributed by atoms with Crippen molar-refractivity contribution in [2.45, 2.75) is 9.79 Å². The van der Waals surface area contributed by atoms with Crippen molar-refractivity contribution in [1.29, 1.82) is 0 Å². The second-order valence-corrected chi connectivity index (χ2v) is 5.85. The highest BCUT2D eigenvalue weighted by molar-refractivity contribution is 8.01. The monoisotopic (exact) mass is 270 g/mol. The lowest BCUT2D eigenvalue weighted by Gasteiger charge is -2.11. The van der Waals surface area contributed by atoms with E-state index >= 15 is 0 Å². The van der Waals surface area contributed by atoms with E-state index in [2.05, 4.69) is 61.0 Å². The van der Waals surface area contributed by atoms with Gasteiger partial charge in [-0.2, -0.15) is 0 Å². The van der Waals surface area contributed by atoms with Crippen LogP contribution in [0.4, 0.5) is 0 Å². The van der Waals surface area contributed by atoms with Crippen LogP contribution < -0.4 is 0 Å². The molecule has 90 valence electrons. The Labute approximate surface area is 116 Å². The summed E-state index contributed by atoms with van der Waals surface area (Å²) in [7, 11) is 0. The summed E-state index contributed by atoms with van der Waals surface area (Å²) < 4.78 is 0. The molecule has 0 heterocycles. The molecule has 0 atom stereocenters. The second kappa shape index (κ2) is 4.87. The van der Waals surface area contributed by atoms with E-state index in [4.69, 9.17) is 0 Å². The van der Waals surface area contributed by atoms with E-state index in [1.807, 2.05) is 23.5 Å². The van der Waals surface area contributed by atoms with E-state index in [1.54, 1.807) is 0 Å². The van der Waals surface area contributed by atoms with Gasteiger partial charge in [-0.25, -0.2) is 0 Å². The summed E-state index contributed by atoms with van der Waals surface area (Å²) in [5.41, 5.74) is 0. The van der Waals surface area contributed by atoms with Gasteiger partial charge in [0.05, 0.1) is 0 Å². The van der Waals surface area contributed by atoms with Crippen molar-refractivity contribution in [3.8, 4) is 0 Å². The zero-order valence-corrected chi connectivity index (χ0v) is 12.1. The molecule has 3 rings (SSSR count). The molecule has 0 N–H and O–H groups in total. The van der Waals surface area contributed by atoms with Crippen LogP contribution in [0.15, 0.2) is 58.3 Å². The van der Waals surface area contributed by atoms with E-state index < -0.39 is 0 Å². The molecule has 3 aromatic carbocycles. The number of benzene rings is 3. The largest absolute Gasteiger partial charge is 0.128 e. The van der Waals surface area contributed by atoms with Crippen molar-refractivity contribution in [2.75, 3.05) is 12.5 Å². The van der Waals surface area contributed by atoms with E-state index in [0.717, 1.165) is 0 Å². The average molecular weight is 270 g/mol. The summed E-state index contributed by atoms with van der Waals surface area (Å²) in [4.78, 5) is 2.76. The smallest absolute Gasteiger partial charge is 0.0284 e. The van der Waals surface area contributed by atoms with Crippen LogP contribution in [0.2, 0.25) is 0 Å². The van der Waals surface area contributed by atoms with Gasteiger partial charge in [0.15, 0.2) is 0 Å². The first-order valence-corrected chi connectivity index (χ1v) is 8.32. The number of rotatable bonds is 2. The number of thioether (sulfide) groups is 2. The minimum Gasteiger partial charge on any atom is -0.128 e. The molecule has 0 nitrogen and oxygen atoms in total. The summed E-state index contributed by atoms with van der Waals surface area (Å²) in [6.07, 6.45) is 4.30. The van der Waals surface area contributed by atoms with Gasteiger partial charge in [-0.15, -0.1) is 23.5 Å². The molecule has 0 radical (unpaired) electrons. The standard InChI is InChI=1S/C16H14S2/c1-17-15-10-9-13-12-6-4-3-5-11(12)7-8-14(13)16(15)18-2/h3-10H,1-2H3. The molecule has 2 heteroatoms. The third-order valence-electron chi connectivity index (χ3n) is 3.26. The van der Waals surface area contributed by atoms with Gasteiger partial charge >= 0.3 is 0 Å². The zero-order valence-electron chi connectivity index (χ0n) is 10.4. The van der Waals surface area contributed by atoms with Gasteiger partial charge in [0, 0.05) is 9.79 Å². The maximum absolute atomic E-state index is 2.25. The van der Waals surface area contributed by atoms with E-state index in [-0.39, 0.29) is 0 Å². The van der Waals surface area contributed by atoms with Crippen molar-refractivity contribution in [3.05, 3.63) is 48.5 Å². The Morgan fingerprint density at radius 1 is 0.667 bits per heavy atom. The van der Waals surface area contributed by atoms with Gasteiger partial charge in [-0.05, 0) is 40.1 Å². The fourth-order valence-corrected chi connectivity index (χ4v) is 4.08. The molecule has 18 heavy (non-hydrogen) atoms. The van der Waals surface area contributed by atoms with Gasteiger partial charge in [0.25, 0.3) is 0 Å². The molecule has 0 saturated carbocycles. The Bertz CT molecular complexity index is 717. The highest BCUT2D eigenvalue weighted by atomic mass is 32.2. The molecular weight excluding hydrogens is 256 g/mol. The highest BCUT2D eigenvalue weighted by Gasteiger charge is 2.08. The van der Waals surface area contributed by atoms with E-state index in [1.165, 1.54) is 31.3 Å². The van der Waals surface area contributed by atoms with Gasteiger partial charge in [-0.1, -0.05) is 42.5 Å². The lowest BCUT2D eigenvalue weighted by Crippen LogP contribution is -1.83. The van der Waals surface area contributed by atoms with E-state index in [9.17, 15) is 0 Å². The van der Waals surface area contributed by atoms with Crippen LogP contribution in [-0.4, -0.2) is 12.5 Å². The minimum atomic E-state index is 1.31. The normalized spacial score (nSPS) is 11.2. The van der Waals surface area contributed by atoms with Crippen LogP contribution in [0.25, 0.3) is 21.5 Å². The van der Waals surface area contributed by atoms with Gasteiger partial charge in [0.2, 0.25) is 0 Å². The fourth-order valence-electron chi connectivity index (χ4n) is 2.41. The first-order valence-electron chi connectivity index (χ1n) is 5.87. The molecule has 0 aromatic heterocycles. The molecule has 0 saturated heterocycles. The molecule has 0 aliphatic rings. The Balaban J connectivity index is 2.46. The molecule has 0 unspecified atom stereocenters.